The molecule has 2 fully saturated rings. The van der Waals surface area contributed by atoms with Crippen molar-refractivity contribution in [1.82, 2.24) is 4.90 Å². The van der Waals surface area contributed by atoms with Gasteiger partial charge in [0.25, 0.3) is 0 Å². The second-order valence-corrected chi connectivity index (χ2v) is 5.21. The summed E-state index contributed by atoms with van der Waals surface area (Å²) in [4.78, 5) is 6.79. The molecule has 1 saturated heterocycles. The largest absolute Gasteiger partial charge is 0.394 e. The van der Waals surface area contributed by atoms with Gasteiger partial charge < -0.3 is 20.5 Å². The highest BCUT2D eigenvalue weighted by molar-refractivity contribution is 5.78. The Morgan fingerprint density at radius 1 is 1.22 bits per heavy atom. The fourth-order valence-corrected chi connectivity index (χ4v) is 2.77. The second kappa shape index (κ2) is 6.95. The highest BCUT2D eigenvalue weighted by Gasteiger charge is 2.22. The van der Waals surface area contributed by atoms with E-state index >= 15 is 0 Å². The Hall–Kier alpha value is -0.810. The molecular formula is C13H25N3O2. The number of ether oxygens (including phenoxy) is 1. The lowest BCUT2D eigenvalue weighted by Gasteiger charge is -2.32. The Kier molecular flexibility index (Phi) is 5.26. The van der Waals surface area contributed by atoms with Gasteiger partial charge in [-0.3, -0.25) is 0 Å². The lowest BCUT2D eigenvalue weighted by atomic mass is 10.1. The van der Waals surface area contributed by atoms with E-state index in [0.29, 0.717) is 18.6 Å². The highest BCUT2D eigenvalue weighted by Crippen LogP contribution is 2.21. The molecule has 0 amide bonds. The standard InChI is InChI=1S/C13H25N3O2/c14-13(15-11-3-1-2-4-11)16-7-5-12(6-8-16)18-10-9-17/h11-12,17H,1-10H2,(H2,14,15). The van der Waals surface area contributed by atoms with Crippen molar-refractivity contribution in [3.8, 4) is 0 Å². The van der Waals surface area contributed by atoms with Crippen LogP contribution in [0.5, 0.6) is 0 Å². The summed E-state index contributed by atoms with van der Waals surface area (Å²) < 4.78 is 5.54. The molecular weight excluding hydrogens is 230 g/mol. The molecule has 0 aromatic rings. The number of hydrogen-bond acceptors (Lipinski definition) is 3. The van der Waals surface area contributed by atoms with E-state index in [9.17, 15) is 0 Å². The molecule has 18 heavy (non-hydrogen) atoms. The zero-order chi connectivity index (χ0) is 12.8. The zero-order valence-electron chi connectivity index (χ0n) is 11.1. The third-order valence-electron chi connectivity index (χ3n) is 3.85. The average Bonchev–Trinajstić information content (AvgIpc) is 2.89. The first kappa shape index (κ1) is 13.6. The molecule has 2 aliphatic rings. The van der Waals surface area contributed by atoms with Crippen LogP contribution in [0.2, 0.25) is 0 Å². The minimum atomic E-state index is 0.103. The predicted octanol–water partition coefficient (Wildman–Crippen LogP) is 0.717. The summed E-state index contributed by atoms with van der Waals surface area (Å²) in [5.41, 5.74) is 6.07. The molecule has 104 valence electrons. The highest BCUT2D eigenvalue weighted by atomic mass is 16.5. The Balaban J connectivity index is 1.74. The number of piperidine rings is 1. The maximum atomic E-state index is 8.72. The first-order chi connectivity index (χ1) is 8.79. The maximum Gasteiger partial charge on any atom is 0.191 e. The molecule has 0 aromatic carbocycles. The first-order valence-electron chi connectivity index (χ1n) is 7.10. The van der Waals surface area contributed by atoms with Crippen molar-refractivity contribution in [3.63, 3.8) is 0 Å². The number of nitrogens with two attached hydrogens (primary N) is 1. The van der Waals surface area contributed by atoms with Gasteiger partial charge in [0.2, 0.25) is 0 Å². The number of hydrogen-bond donors (Lipinski definition) is 2. The molecule has 1 aliphatic heterocycles. The van der Waals surface area contributed by atoms with Gasteiger partial charge in [0, 0.05) is 13.1 Å². The minimum absolute atomic E-state index is 0.103. The van der Waals surface area contributed by atoms with Gasteiger partial charge in [0.05, 0.1) is 25.4 Å². The van der Waals surface area contributed by atoms with Crippen LogP contribution in [0.25, 0.3) is 0 Å². The SMILES string of the molecule is NC(=NC1CCCC1)N1CCC(OCCO)CC1. The first-order valence-corrected chi connectivity index (χ1v) is 7.10. The van der Waals surface area contributed by atoms with Crippen molar-refractivity contribution in [2.45, 2.75) is 50.7 Å². The van der Waals surface area contributed by atoms with E-state index in [1.54, 1.807) is 0 Å². The number of aliphatic hydroxyl groups excluding tert-OH is 1. The van der Waals surface area contributed by atoms with Crippen molar-refractivity contribution in [1.29, 1.82) is 0 Å². The van der Waals surface area contributed by atoms with Crippen LogP contribution in [0.3, 0.4) is 0 Å². The van der Waals surface area contributed by atoms with Crippen LogP contribution < -0.4 is 5.73 Å². The summed E-state index contributed by atoms with van der Waals surface area (Å²) in [5.74, 6) is 0.711. The van der Waals surface area contributed by atoms with Crippen molar-refractivity contribution in [3.05, 3.63) is 0 Å². The van der Waals surface area contributed by atoms with E-state index in [0.717, 1.165) is 25.9 Å². The summed E-state index contributed by atoms with van der Waals surface area (Å²) in [7, 11) is 0. The van der Waals surface area contributed by atoms with Gasteiger partial charge in [-0.15, -0.1) is 0 Å². The van der Waals surface area contributed by atoms with Gasteiger partial charge in [-0.25, -0.2) is 4.99 Å². The lowest BCUT2D eigenvalue weighted by Crippen LogP contribution is -2.45. The molecule has 5 nitrogen and oxygen atoms in total. The molecule has 2 rings (SSSR count). The quantitative estimate of drug-likeness (QED) is 0.573. The summed E-state index contributed by atoms with van der Waals surface area (Å²) in [6, 6.07) is 0.452. The molecule has 0 bridgehead atoms. The van der Waals surface area contributed by atoms with Crippen LogP contribution in [0.15, 0.2) is 4.99 Å². The molecule has 1 saturated carbocycles. The normalized spacial score (nSPS) is 23.8. The number of rotatable bonds is 4. The number of guanidine groups is 1. The smallest absolute Gasteiger partial charge is 0.191 e. The number of aliphatic hydroxyl groups is 1. The zero-order valence-corrected chi connectivity index (χ0v) is 11.1. The lowest BCUT2D eigenvalue weighted by molar-refractivity contribution is 0.00144. The van der Waals surface area contributed by atoms with E-state index in [1.165, 1.54) is 25.7 Å². The second-order valence-electron chi connectivity index (χ2n) is 5.21. The van der Waals surface area contributed by atoms with E-state index < -0.39 is 0 Å². The molecule has 0 aromatic heterocycles. The van der Waals surface area contributed by atoms with Crippen LogP contribution in [-0.4, -0.2) is 54.4 Å². The topological polar surface area (TPSA) is 71.1 Å². The Morgan fingerprint density at radius 3 is 2.50 bits per heavy atom. The van der Waals surface area contributed by atoms with Gasteiger partial charge in [-0.2, -0.15) is 0 Å². The molecule has 0 spiro atoms. The fourth-order valence-electron chi connectivity index (χ4n) is 2.77. The van der Waals surface area contributed by atoms with E-state index in [1.807, 2.05) is 0 Å². The van der Waals surface area contributed by atoms with Crippen LogP contribution in [0, 0.1) is 0 Å². The van der Waals surface area contributed by atoms with Crippen LogP contribution in [0.1, 0.15) is 38.5 Å². The van der Waals surface area contributed by atoms with E-state index in [-0.39, 0.29) is 12.7 Å². The molecule has 0 atom stereocenters. The van der Waals surface area contributed by atoms with Crippen molar-refractivity contribution >= 4 is 5.96 Å². The Morgan fingerprint density at radius 2 is 1.89 bits per heavy atom. The monoisotopic (exact) mass is 255 g/mol. The van der Waals surface area contributed by atoms with Gasteiger partial charge in [-0.1, -0.05) is 12.8 Å². The number of likely N-dealkylation sites (tertiary alicyclic amines) is 1. The van der Waals surface area contributed by atoms with Crippen LogP contribution >= 0.6 is 0 Å². The Bertz CT molecular complexity index is 269. The third-order valence-corrected chi connectivity index (χ3v) is 3.85. The van der Waals surface area contributed by atoms with Crippen molar-refractivity contribution in [2.24, 2.45) is 10.7 Å². The molecule has 0 unspecified atom stereocenters. The molecule has 5 heteroatoms. The third kappa shape index (κ3) is 3.85. The fraction of sp³-hybridized carbons (Fsp3) is 0.923. The van der Waals surface area contributed by atoms with Crippen molar-refractivity contribution in [2.75, 3.05) is 26.3 Å². The van der Waals surface area contributed by atoms with Gasteiger partial charge in [-0.05, 0) is 25.7 Å². The summed E-state index contributed by atoms with van der Waals surface area (Å²) in [5, 5.41) is 8.72. The summed E-state index contributed by atoms with van der Waals surface area (Å²) in [6.07, 6.45) is 7.18. The van der Waals surface area contributed by atoms with E-state index in [4.69, 9.17) is 15.6 Å². The van der Waals surface area contributed by atoms with Gasteiger partial charge in [0.15, 0.2) is 5.96 Å². The number of aliphatic imine (C=N–C) groups is 1. The van der Waals surface area contributed by atoms with Gasteiger partial charge >= 0.3 is 0 Å². The summed E-state index contributed by atoms with van der Waals surface area (Å²) >= 11 is 0. The molecule has 1 aliphatic carbocycles. The minimum Gasteiger partial charge on any atom is -0.394 e. The number of nitrogens with zero attached hydrogens (tertiary/aromatic N) is 2. The van der Waals surface area contributed by atoms with Crippen molar-refractivity contribution < 1.29 is 9.84 Å². The van der Waals surface area contributed by atoms with Gasteiger partial charge in [0.1, 0.15) is 0 Å². The Labute approximate surface area is 109 Å². The molecule has 0 radical (unpaired) electrons. The molecule has 3 N–H and O–H groups in total. The summed E-state index contributed by atoms with van der Waals surface area (Å²) in [6.45, 7) is 2.37. The average molecular weight is 255 g/mol. The predicted molar refractivity (Wildman–Crippen MR) is 71.5 cm³/mol. The maximum absolute atomic E-state index is 8.72. The molecule has 1 heterocycles. The van der Waals surface area contributed by atoms with Crippen LogP contribution in [0.4, 0.5) is 0 Å². The van der Waals surface area contributed by atoms with Crippen LogP contribution in [-0.2, 0) is 4.74 Å². The van der Waals surface area contributed by atoms with E-state index in [2.05, 4.69) is 9.89 Å².